The van der Waals surface area contributed by atoms with Gasteiger partial charge in [-0.25, -0.2) is 0 Å². The molecule has 0 radical (unpaired) electrons. The van der Waals surface area contributed by atoms with Gasteiger partial charge < -0.3 is 0 Å². The van der Waals surface area contributed by atoms with Gasteiger partial charge in [-0.15, -0.1) is 0 Å². The van der Waals surface area contributed by atoms with Crippen LogP contribution in [0.1, 0.15) is 79.4 Å². The summed E-state index contributed by atoms with van der Waals surface area (Å²) in [5.41, 5.74) is 2.82. The van der Waals surface area contributed by atoms with Gasteiger partial charge >= 0.3 is 0 Å². The highest BCUT2D eigenvalue weighted by Gasteiger charge is 2.55. The molecule has 1 unspecified atom stereocenters. The fourth-order valence-corrected chi connectivity index (χ4v) is 6.42. The lowest BCUT2D eigenvalue weighted by molar-refractivity contribution is -0.0360. The third-order valence-corrected chi connectivity index (χ3v) is 7.54. The van der Waals surface area contributed by atoms with Crippen molar-refractivity contribution in [2.75, 3.05) is 0 Å². The van der Waals surface area contributed by atoms with Crippen LogP contribution in [-0.2, 0) is 0 Å². The lowest BCUT2D eigenvalue weighted by atomic mass is 9.47. The Morgan fingerprint density at radius 1 is 1.11 bits per heavy atom. The van der Waals surface area contributed by atoms with Crippen LogP contribution in [0, 0.1) is 28.6 Å². The largest absolute Gasteiger partial charge is 0.0848 e. The highest BCUT2D eigenvalue weighted by atomic mass is 14.6. The predicted octanol–water partition coefficient (Wildman–Crippen LogP) is 5.73. The predicted molar refractivity (Wildman–Crippen MR) is 80.9 cm³/mol. The molecule has 0 aromatic heterocycles. The summed E-state index contributed by atoms with van der Waals surface area (Å²) in [5.74, 6) is 2.47. The second-order valence-corrected chi connectivity index (χ2v) is 8.34. The van der Waals surface area contributed by atoms with Gasteiger partial charge in [0.05, 0.1) is 0 Å². The van der Waals surface area contributed by atoms with Gasteiger partial charge in [0.1, 0.15) is 0 Å². The summed E-state index contributed by atoms with van der Waals surface area (Å²) in [6.45, 7) is 5.09. The number of fused-ring (bicyclic) bond motifs is 5. The van der Waals surface area contributed by atoms with Gasteiger partial charge in [-0.2, -0.15) is 0 Å². The fourth-order valence-electron chi connectivity index (χ4n) is 6.42. The summed E-state index contributed by atoms with van der Waals surface area (Å²) in [4.78, 5) is 0. The van der Waals surface area contributed by atoms with Crippen LogP contribution in [-0.4, -0.2) is 0 Å². The van der Waals surface area contributed by atoms with Crippen LogP contribution in [0.5, 0.6) is 0 Å². The van der Waals surface area contributed by atoms with Gasteiger partial charge in [0.15, 0.2) is 0 Å². The van der Waals surface area contributed by atoms with E-state index in [9.17, 15) is 0 Å². The highest BCUT2D eigenvalue weighted by Crippen LogP contribution is 2.65. The smallest absolute Gasteiger partial charge is 0.0270 e. The van der Waals surface area contributed by atoms with E-state index in [1.807, 2.05) is 0 Å². The molecule has 0 heteroatoms. The summed E-state index contributed by atoms with van der Waals surface area (Å²) in [5, 5.41) is 0. The zero-order valence-electron chi connectivity index (χ0n) is 13.8. The minimum Gasteiger partial charge on any atom is -0.0848 e. The molecule has 3 fully saturated rings. The van der Waals surface area contributed by atoms with E-state index in [-0.39, 0.29) is 6.40 Å². The van der Waals surface area contributed by atoms with Crippen LogP contribution in [0.25, 0.3) is 0 Å². The molecule has 0 spiro atoms. The molecule has 0 heterocycles. The molecule has 0 saturated heterocycles. The topological polar surface area (TPSA) is 0 Å². The Bertz CT molecular complexity index is 439. The SMILES string of the molecule is [2H]C1CC[C@@]2(C)CC[C@H]3[C@@H](CCC4=CCCC[C@@]43C)[C@H]12. The van der Waals surface area contributed by atoms with Crippen molar-refractivity contribution in [3.05, 3.63) is 11.6 Å². The summed E-state index contributed by atoms with van der Waals surface area (Å²) in [6, 6.07) is 0. The Morgan fingerprint density at radius 3 is 2.89 bits per heavy atom. The second kappa shape index (κ2) is 4.12. The molecule has 0 N–H and O–H groups in total. The molecule has 0 amide bonds. The molecule has 0 aromatic carbocycles. The Balaban J connectivity index is 1.70. The van der Waals surface area contributed by atoms with Gasteiger partial charge in [-0.3, -0.25) is 0 Å². The van der Waals surface area contributed by atoms with E-state index in [0.29, 0.717) is 16.7 Å². The van der Waals surface area contributed by atoms with Crippen LogP contribution in [0.3, 0.4) is 0 Å². The molecule has 19 heavy (non-hydrogen) atoms. The molecule has 0 aliphatic heterocycles. The van der Waals surface area contributed by atoms with E-state index >= 15 is 0 Å². The van der Waals surface area contributed by atoms with Crippen molar-refractivity contribution >= 4 is 0 Å². The van der Waals surface area contributed by atoms with Crippen molar-refractivity contribution in [3.8, 4) is 0 Å². The minimum absolute atomic E-state index is 0.241. The molecule has 106 valence electrons. The van der Waals surface area contributed by atoms with Crippen molar-refractivity contribution in [1.82, 2.24) is 0 Å². The maximum atomic E-state index is 8.59. The Labute approximate surface area is 120 Å². The first-order valence-electron chi connectivity index (χ1n) is 9.24. The normalized spacial score (nSPS) is 57.6. The Kier molecular flexibility index (Phi) is 2.47. The summed E-state index contributed by atoms with van der Waals surface area (Å²) >= 11 is 0. The average molecular weight is 259 g/mol. The van der Waals surface area contributed by atoms with E-state index in [1.54, 1.807) is 5.57 Å². The van der Waals surface area contributed by atoms with Crippen molar-refractivity contribution in [3.63, 3.8) is 0 Å². The first-order chi connectivity index (χ1) is 9.55. The molecule has 4 aliphatic rings. The van der Waals surface area contributed by atoms with E-state index < -0.39 is 0 Å². The van der Waals surface area contributed by atoms with Gasteiger partial charge in [0, 0.05) is 1.37 Å². The molecule has 4 rings (SSSR count). The van der Waals surface area contributed by atoms with Crippen LogP contribution in [0.2, 0.25) is 0 Å². The van der Waals surface area contributed by atoms with Crippen molar-refractivity contribution < 1.29 is 1.37 Å². The number of hydrogen-bond donors (Lipinski definition) is 0. The van der Waals surface area contributed by atoms with Crippen molar-refractivity contribution in [1.29, 1.82) is 0 Å². The summed E-state index contributed by atoms with van der Waals surface area (Å²) in [7, 11) is 0. The molecule has 0 nitrogen and oxygen atoms in total. The van der Waals surface area contributed by atoms with Crippen molar-refractivity contribution in [2.45, 2.75) is 78.0 Å². The van der Waals surface area contributed by atoms with Crippen molar-refractivity contribution in [2.24, 2.45) is 28.6 Å². The molecule has 6 atom stereocenters. The Morgan fingerprint density at radius 2 is 2.00 bits per heavy atom. The number of hydrogen-bond acceptors (Lipinski definition) is 0. The number of allylic oxidation sites excluding steroid dienone is 2. The molecular weight excluding hydrogens is 228 g/mol. The quantitative estimate of drug-likeness (QED) is 0.487. The Hall–Kier alpha value is -0.260. The summed E-state index contributed by atoms with van der Waals surface area (Å²) < 4.78 is 8.59. The lowest BCUT2D eigenvalue weighted by Crippen LogP contribution is -2.48. The zero-order chi connectivity index (χ0) is 14.0. The first-order valence-corrected chi connectivity index (χ1v) is 8.66. The molecule has 0 bridgehead atoms. The minimum atomic E-state index is 0.241. The van der Waals surface area contributed by atoms with Crippen LogP contribution >= 0.6 is 0 Å². The first kappa shape index (κ1) is 11.4. The number of rotatable bonds is 0. The fraction of sp³-hybridized carbons (Fsp3) is 0.895. The maximum Gasteiger partial charge on any atom is 0.0270 e. The van der Waals surface area contributed by atoms with Gasteiger partial charge in [0.25, 0.3) is 0 Å². The van der Waals surface area contributed by atoms with E-state index in [0.717, 1.165) is 11.8 Å². The van der Waals surface area contributed by atoms with Crippen LogP contribution in [0.4, 0.5) is 0 Å². The van der Waals surface area contributed by atoms with E-state index in [1.165, 1.54) is 57.8 Å². The maximum absolute atomic E-state index is 8.59. The summed E-state index contributed by atoms with van der Waals surface area (Å²) in [6.07, 6.45) is 15.0. The van der Waals surface area contributed by atoms with Crippen LogP contribution < -0.4 is 0 Å². The monoisotopic (exact) mass is 259 g/mol. The third kappa shape index (κ3) is 1.64. The standard InChI is InChI=1S/C19H30/c1-18-11-5-7-16(18)15-9-8-14-6-3-4-12-19(14,2)17(15)10-13-18/h6,15-17H,3-5,7-13H2,1-2H3/t15-,16-,17-,18-,19-/m0/s1/i7D/t7?,15-,16-,17-,18-,19-. The molecule has 4 aliphatic carbocycles. The second-order valence-electron chi connectivity index (χ2n) is 8.34. The molecular formula is C19H30. The molecule has 0 aromatic rings. The van der Waals surface area contributed by atoms with Gasteiger partial charge in [-0.1, -0.05) is 31.9 Å². The van der Waals surface area contributed by atoms with E-state index in [2.05, 4.69) is 19.9 Å². The average Bonchev–Trinajstić information content (AvgIpc) is 2.74. The van der Waals surface area contributed by atoms with Crippen LogP contribution in [0.15, 0.2) is 11.6 Å². The van der Waals surface area contributed by atoms with Gasteiger partial charge in [-0.05, 0) is 86.3 Å². The van der Waals surface area contributed by atoms with E-state index in [4.69, 9.17) is 1.37 Å². The lowest BCUT2D eigenvalue weighted by Gasteiger charge is -2.57. The molecule has 3 saturated carbocycles. The highest BCUT2D eigenvalue weighted by molar-refractivity contribution is 5.23. The zero-order valence-corrected chi connectivity index (χ0v) is 12.8. The third-order valence-electron chi connectivity index (χ3n) is 7.54. The van der Waals surface area contributed by atoms with Gasteiger partial charge in [0.2, 0.25) is 0 Å².